The molecular formula is C14H19FN2OS. The predicted molar refractivity (Wildman–Crippen MR) is 76.4 cm³/mol. The lowest BCUT2D eigenvalue weighted by Crippen LogP contribution is -2.34. The van der Waals surface area contributed by atoms with Gasteiger partial charge in [-0.1, -0.05) is 19.1 Å². The molecule has 5 heteroatoms. The normalized spacial score (nSPS) is 20.9. The zero-order chi connectivity index (χ0) is 13.8. The van der Waals surface area contributed by atoms with Crippen molar-refractivity contribution in [2.75, 3.05) is 25.1 Å². The number of nitrogens with one attached hydrogen (secondary N) is 1. The van der Waals surface area contributed by atoms with Crippen LogP contribution in [0.25, 0.3) is 0 Å². The highest BCUT2D eigenvalue weighted by molar-refractivity contribution is 7.98. The Morgan fingerprint density at radius 1 is 1.47 bits per heavy atom. The lowest BCUT2D eigenvalue weighted by Gasteiger charge is -2.27. The van der Waals surface area contributed by atoms with Crippen LogP contribution in [0.4, 0.5) is 4.39 Å². The molecule has 0 saturated carbocycles. The summed E-state index contributed by atoms with van der Waals surface area (Å²) in [5.74, 6) is 1.33. The summed E-state index contributed by atoms with van der Waals surface area (Å²) in [6.45, 7) is 3.23. The first-order valence-corrected chi connectivity index (χ1v) is 7.78. The Morgan fingerprint density at radius 3 is 2.79 bits per heavy atom. The number of benzene rings is 1. The number of carbonyl (C=O) groups excluding carboxylic acids is 1. The topological polar surface area (TPSA) is 32.3 Å². The fourth-order valence-electron chi connectivity index (χ4n) is 2.36. The maximum Gasteiger partial charge on any atom is 0.238 e. The van der Waals surface area contributed by atoms with E-state index in [0.717, 1.165) is 17.9 Å². The van der Waals surface area contributed by atoms with Gasteiger partial charge in [-0.15, -0.1) is 0 Å². The first-order chi connectivity index (χ1) is 9.11. The maximum atomic E-state index is 13.0. The van der Waals surface area contributed by atoms with Gasteiger partial charge in [0.25, 0.3) is 0 Å². The zero-order valence-electron chi connectivity index (χ0n) is 11.2. The van der Waals surface area contributed by atoms with Crippen LogP contribution < -0.4 is 5.32 Å². The average Bonchev–Trinajstić information content (AvgIpc) is 2.73. The van der Waals surface area contributed by atoms with Gasteiger partial charge < -0.3 is 4.90 Å². The number of amides is 1. The summed E-state index contributed by atoms with van der Waals surface area (Å²) in [6.07, 6.45) is 1.94. The number of thioether (sulfide) groups is 1. The molecule has 0 radical (unpaired) electrons. The van der Waals surface area contributed by atoms with Crippen LogP contribution in [0.5, 0.6) is 0 Å². The van der Waals surface area contributed by atoms with Gasteiger partial charge in [0.1, 0.15) is 12.0 Å². The Labute approximate surface area is 117 Å². The van der Waals surface area contributed by atoms with Crippen LogP contribution in [0, 0.1) is 11.7 Å². The molecule has 1 heterocycles. The molecule has 2 unspecified atom stereocenters. The summed E-state index contributed by atoms with van der Waals surface area (Å²) in [5.41, 5.74) is 0.934. The van der Waals surface area contributed by atoms with Crippen LogP contribution >= 0.6 is 11.8 Å². The van der Waals surface area contributed by atoms with Crippen LogP contribution in [0.1, 0.15) is 18.7 Å². The molecule has 3 nitrogen and oxygen atoms in total. The Bertz CT molecular complexity index is 438. The minimum atomic E-state index is -0.254. The SMILES string of the molecule is CSCC(C)CN1C(=O)CNC1c1ccc(F)cc1. The van der Waals surface area contributed by atoms with E-state index in [4.69, 9.17) is 0 Å². The Balaban J connectivity index is 2.10. The second-order valence-electron chi connectivity index (χ2n) is 4.94. The molecule has 2 rings (SSSR count). The standard InChI is InChI=1S/C14H19FN2OS/c1-10(9-19-2)8-17-13(18)7-16-14(17)11-3-5-12(15)6-4-11/h3-6,10,14,16H,7-9H2,1-2H3. The Morgan fingerprint density at radius 2 is 2.16 bits per heavy atom. The van der Waals surface area contributed by atoms with E-state index in [-0.39, 0.29) is 17.9 Å². The molecule has 1 aliphatic heterocycles. The minimum Gasteiger partial charge on any atom is -0.322 e. The molecule has 0 spiro atoms. The van der Waals surface area contributed by atoms with Crippen molar-refractivity contribution in [1.29, 1.82) is 0 Å². The number of nitrogens with zero attached hydrogens (tertiary/aromatic N) is 1. The van der Waals surface area contributed by atoms with E-state index in [0.29, 0.717) is 12.5 Å². The number of hydrogen-bond acceptors (Lipinski definition) is 3. The first kappa shape index (κ1) is 14.3. The van der Waals surface area contributed by atoms with Crippen LogP contribution in [-0.2, 0) is 4.79 Å². The van der Waals surface area contributed by atoms with Gasteiger partial charge in [-0.05, 0) is 35.6 Å². The molecule has 0 bridgehead atoms. The van der Waals surface area contributed by atoms with Gasteiger partial charge in [0, 0.05) is 6.54 Å². The second-order valence-corrected chi connectivity index (χ2v) is 5.85. The number of hydrogen-bond donors (Lipinski definition) is 1. The minimum absolute atomic E-state index is 0.113. The van der Waals surface area contributed by atoms with Gasteiger partial charge in [-0.25, -0.2) is 4.39 Å². The second kappa shape index (κ2) is 6.39. The lowest BCUT2D eigenvalue weighted by molar-refractivity contribution is -0.128. The fraction of sp³-hybridized carbons (Fsp3) is 0.500. The molecule has 19 heavy (non-hydrogen) atoms. The summed E-state index contributed by atoms with van der Waals surface area (Å²) < 4.78 is 13.0. The van der Waals surface area contributed by atoms with Crippen molar-refractivity contribution >= 4 is 17.7 Å². The van der Waals surface area contributed by atoms with Gasteiger partial charge in [0.05, 0.1) is 6.54 Å². The quantitative estimate of drug-likeness (QED) is 0.899. The third-order valence-corrected chi connectivity index (χ3v) is 4.13. The van der Waals surface area contributed by atoms with Crippen molar-refractivity contribution in [2.45, 2.75) is 13.1 Å². The van der Waals surface area contributed by atoms with E-state index >= 15 is 0 Å². The fourth-order valence-corrected chi connectivity index (χ4v) is 3.04. The first-order valence-electron chi connectivity index (χ1n) is 6.39. The molecule has 1 amide bonds. The molecule has 1 aliphatic rings. The van der Waals surface area contributed by atoms with Gasteiger partial charge in [-0.2, -0.15) is 11.8 Å². The Hall–Kier alpha value is -1.07. The molecule has 1 N–H and O–H groups in total. The van der Waals surface area contributed by atoms with Crippen LogP contribution in [0.3, 0.4) is 0 Å². The highest BCUT2D eigenvalue weighted by Gasteiger charge is 2.32. The highest BCUT2D eigenvalue weighted by atomic mass is 32.2. The largest absolute Gasteiger partial charge is 0.322 e. The molecular weight excluding hydrogens is 263 g/mol. The van der Waals surface area contributed by atoms with Crippen molar-refractivity contribution in [2.24, 2.45) is 5.92 Å². The van der Waals surface area contributed by atoms with Crippen molar-refractivity contribution < 1.29 is 9.18 Å². The van der Waals surface area contributed by atoms with Gasteiger partial charge in [0.15, 0.2) is 0 Å². The van der Waals surface area contributed by atoms with Crippen molar-refractivity contribution in [1.82, 2.24) is 10.2 Å². The lowest BCUT2D eigenvalue weighted by atomic mass is 10.1. The van der Waals surface area contributed by atoms with E-state index in [1.54, 1.807) is 23.9 Å². The number of carbonyl (C=O) groups is 1. The molecule has 0 aromatic heterocycles. The van der Waals surface area contributed by atoms with Crippen molar-refractivity contribution in [3.63, 3.8) is 0 Å². The van der Waals surface area contributed by atoms with Gasteiger partial charge in [-0.3, -0.25) is 10.1 Å². The van der Waals surface area contributed by atoms with Crippen LogP contribution in [0.15, 0.2) is 24.3 Å². The smallest absolute Gasteiger partial charge is 0.238 e. The van der Waals surface area contributed by atoms with E-state index in [9.17, 15) is 9.18 Å². The summed E-state index contributed by atoms with van der Waals surface area (Å²) in [6, 6.07) is 6.34. The van der Waals surface area contributed by atoms with E-state index in [1.807, 2.05) is 4.90 Å². The molecule has 1 aromatic carbocycles. The van der Waals surface area contributed by atoms with Gasteiger partial charge >= 0.3 is 0 Å². The van der Waals surface area contributed by atoms with E-state index in [1.165, 1.54) is 12.1 Å². The molecule has 1 fully saturated rings. The number of halogens is 1. The Kier molecular flexibility index (Phi) is 4.82. The molecule has 0 aliphatic carbocycles. The maximum absolute atomic E-state index is 13.0. The van der Waals surface area contributed by atoms with Crippen molar-refractivity contribution in [3.8, 4) is 0 Å². The van der Waals surface area contributed by atoms with E-state index in [2.05, 4.69) is 18.5 Å². The zero-order valence-corrected chi connectivity index (χ0v) is 12.0. The summed E-state index contributed by atoms with van der Waals surface area (Å²) in [7, 11) is 0. The average molecular weight is 282 g/mol. The molecule has 104 valence electrons. The number of rotatable bonds is 5. The molecule has 1 saturated heterocycles. The van der Waals surface area contributed by atoms with Crippen molar-refractivity contribution in [3.05, 3.63) is 35.6 Å². The highest BCUT2D eigenvalue weighted by Crippen LogP contribution is 2.24. The molecule has 1 aromatic rings. The predicted octanol–water partition coefficient (Wildman–Crippen LogP) is 2.26. The summed E-state index contributed by atoms with van der Waals surface area (Å²) >= 11 is 1.79. The monoisotopic (exact) mass is 282 g/mol. The summed E-state index contributed by atoms with van der Waals surface area (Å²) in [4.78, 5) is 13.8. The summed E-state index contributed by atoms with van der Waals surface area (Å²) in [5, 5.41) is 3.19. The van der Waals surface area contributed by atoms with Crippen LogP contribution in [-0.4, -0.2) is 35.9 Å². The molecule has 2 atom stereocenters. The third-order valence-electron chi connectivity index (χ3n) is 3.22. The van der Waals surface area contributed by atoms with Crippen LogP contribution in [0.2, 0.25) is 0 Å². The van der Waals surface area contributed by atoms with E-state index < -0.39 is 0 Å². The van der Waals surface area contributed by atoms with Gasteiger partial charge in [0.2, 0.25) is 5.91 Å². The third kappa shape index (κ3) is 3.48.